The van der Waals surface area contributed by atoms with Crippen molar-refractivity contribution in [3.05, 3.63) is 38.0 Å². The van der Waals surface area contributed by atoms with E-state index in [1.807, 2.05) is 0 Å². The maximum atomic E-state index is 14.3. The highest BCUT2D eigenvalue weighted by molar-refractivity contribution is 8.44. The summed E-state index contributed by atoms with van der Waals surface area (Å²) in [6.45, 7) is -8.27. The third-order valence-corrected chi connectivity index (χ3v) is 16.5. The van der Waals surface area contributed by atoms with Crippen molar-refractivity contribution in [1.29, 1.82) is 0 Å². The van der Waals surface area contributed by atoms with Crippen molar-refractivity contribution in [2.24, 2.45) is 0 Å². The van der Waals surface area contributed by atoms with Crippen LogP contribution in [-0.4, -0.2) is 190 Å². The number of ether oxygens (including phenoxy) is 5. The fourth-order valence-electron chi connectivity index (χ4n) is 9.44. The molecule has 4 aliphatic heterocycles. The molecule has 0 spiro atoms. The highest BCUT2D eigenvalue weighted by Crippen LogP contribution is 2.58. The van der Waals surface area contributed by atoms with E-state index in [4.69, 9.17) is 73.1 Å². The molecule has 6 aromatic heterocycles. The number of aliphatic hydroxyl groups excluding tert-OH is 2. The number of fused-ring (bicyclic) bond motifs is 4. The van der Waals surface area contributed by atoms with Gasteiger partial charge in [0.25, 0.3) is 0 Å². The van der Waals surface area contributed by atoms with Crippen molar-refractivity contribution < 1.29 is 103 Å². The summed E-state index contributed by atoms with van der Waals surface area (Å²) < 4.78 is 125. The number of nitrogen functional groups attached to an aromatic ring is 3. The average molecular weight is 1200 g/mol. The number of methoxy groups -OCH3 is 1. The van der Waals surface area contributed by atoms with E-state index >= 15 is 0 Å². The number of nitrogens with zero attached hydrogens (tertiary/aromatic N) is 12. The molecule has 4 saturated heterocycles. The van der Waals surface area contributed by atoms with Gasteiger partial charge in [-0.3, -0.25) is 45.4 Å². The molecule has 12 N–H and O–H groups in total. The number of thiol groups is 1. The number of phosphoric ester groups is 3. The number of hydrogen-bond donors (Lipinski definition) is 10. The maximum Gasteiger partial charge on any atom is 0.472 e. The van der Waals surface area contributed by atoms with E-state index in [9.17, 15) is 42.9 Å². The smallest absolute Gasteiger partial charge is 0.394 e. The number of phosphoric acid groups is 3. The van der Waals surface area contributed by atoms with Crippen LogP contribution in [0.25, 0.3) is 33.5 Å². The summed E-state index contributed by atoms with van der Waals surface area (Å²) in [5.74, 6) is -0.127. The predicted molar refractivity (Wildman–Crippen MR) is 259 cm³/mol. The Morgan fingerprint density at radius 3 is 1.71 bits per heavy atom. The van der Waals surface area contributed by atoms with Gasteiger partial charge in [-0.25, -0.2) is 63.1 Å². The van der Waals surface area contributed by atoms with Crippen LogP contribution >= 0.6 is 42.5 Å². The molecule has 426 valence electrons. The highest BCUT2D eigenvalue weighted by Gasteiger charge is 2.61. The summed E-state index contributed by atoms with van der Waals surface area (Å²) in [5.41, 5.74) is 16.8. The topological polar surface area (TPSA) is 509 Å². The highest BCUT2D eigenvalue weighted by atomic mass is 32.7. The van der Waals surface area contributed by atoms with Crippen LogP contribution in [0.15, 0.2) is 38.0 Å². The summed E-state index contributed by atoms with van der Waals surface area (Å²) in [6.07, 6.45) is -10.1. The van der Waals surface area contributed by atoms with Crippen LogP contribution in [0, 0.1) is 0 Å². The van der Waals surface area contributed by atoms with Crippen molar-refractivity contribution in [3.8, 4) is 0 Å². The molecule has 0 saturated carbocycles. The van der Waals surface area contributed by atoms with E-state index in [0.717, 1.165) is 25.3 Å². The van der Waals surface area contributed by atoms with Crippen LogP contribution in [0.2, 0.25) is 0 Å². The van der Waals surface area contributed by atoms with E-state index in [1.54, 1.807) is 0 Å². The van der Waals surface area contributed by atoms with Crippen LogP contribution < -0.4 is 17.2 Å². The monoisotopic (exact) mass is 1200 g/mol. The zero-order valence-electron chi connectivity index (χ0n) is 40.0. The molecule has 78 heavy (non-hydrogen) atoms. The van der Waals surface area contributed by atoms with Crippen LogP contribution in [0.4, 0.5) is 17.5 Å². The molecule has 42 heteroatoms. The first-order valence-corrected chi connectivity index (χ1v) is 30.1. The Morgan fingerprint density at radius 2 is 1.15 bits per heavy atom. The third-order valence-electron chi connectivity index (χ3n) is 12.7. The molecule has 10 unspecified atom stereocenters. The molecule has 0 aliphatic carbocycles. The molecule has 37 nitrogen and oxygen atoms in total. The second-order valence-electron chi connectivity index (χ2n) is 17.6. The largest absolute Gasteiger partial charge is 0.472 e. The molecule has 10 heterocycles. The normalized spacial score (nSPS) is 31.6. The van der Waals surface area contributed by atoms with Gasteiger partial charge in [0.05, 0.1) is 52.0 Å². The van der Waals surface area contributed by atoms with Gasteiger partial charge in [0, 0.05) is 13.7 Å². The predicted octanol–water partition coefficient (Wildman–Crippen LogP) is -0.584. The van der Waals surface area contributed by atoms with Crippen molar-refractivity contribution in [3.63, 3.8) is 0 Å². The fraction of sp³-hybridized carbons (Fsp3) is 0.583. The Hall–Kier alpha value is -4.40. The lowest BCUT2D eigenvalue weighted by molar-refractivity contribution is -0.165. The summed E-state index contributed by atoms with van der Waals surface area (Å²) in [6, 6.07) is 0. The van der Waals surface area contributed by atoms with Crippen molar-refractivity contribution >= 4 is 93.5 Å². The Balaban J connectivity index is 0.895. The Bertz CT molecular complexity index is 3360. The molecule has 16 atom stereocenters. The minimum atomic E-state index is -5.45. The van der Waals surface area contributed by atoms with Gasteiger partial charge in [0.15, 0.2) is 53.1 Å². The number of anilines is 3. The van der Waals surface area contributed by atoms with Gasteiger partial charge in [0.1, 0.15) is 90.0 Å². The van der Waals surface area contributed by atoms with E-state index in [-0.39, 0.29) is 70.4 Å². The Labute approximate surface area is 442 Å². The zero-order chi connectivity index (χ0) is 55.5. The molecule has 0 radical (unpaired) electrons. The maximum absolute atomic E-state index is 14.3. The number of imidazole rings is 3. The molecular formula is C36H49N15O22P4S. The Morgan fingerprint density at radius 1 is 0.654 bits per heavy atom. The van der Waals surface area contributed by atoms with Gasteiger partial charge < -0.3 is 70.7 Å². The first-order valence-electron chi connectivity index (χ1n) is 22.9. The lowest BCUT2D eigenvalue weighted by atomic mass is 9.89. The van der Waals surface area contributed by atoms with E-state index in [2.05, 4.69) is 61.6 Å². The molecular weight excluding hydrogens is 1150 g/mol. The van der Waals surface area contributed by atoms with E-state index in [0.29, 0.717) is 0 Å². The molecule has 0 aromatic carbocycles. The molecule has 4 fully saturated rings. The minimum Gasteiger partial charge on any atom is -0.394 e. The summed E-state index contributed by atoms with van der Waals surface area (Å²) in [7, 11) is -14.5. The number of rotatable bonds is 22. The SMILES string of the molecule is COC1C(OP(=O)(O)OC[C@H]2O[C@@H](n3cnc4c(N)ncnc43)C(OP(=O)(O)OC[C@]34CCCOC3C(OP(=O)(O)S)[C@H](n3cnc5c(N)ncnc53)O4)C2O)[C@H](n2cnc3c(N)ncnc32)O[C@@H]1COP(=O)(O)OCCO. The van der Waals surface area contributed by atoms with E-state index < -0.39 is 136 Å². The van der Waals surface area contributed by atoms with Gasteiger partial charge in [-0.2, -0.15) is 0 Å². The molecule has 4 aliphatic rings. The first kappa shape index (κ1) is 56.9. The number of nitrogens with two attached hydrogens (primary N) is 3. The quantitative estimate of drug-likeness (QED) is 0.0300. The van der Waals surface area contributed by atoms with Gasteiger partial charge >= 0.3 is 30.3 Å². The van der Waals surface area contributed by atoms with Crippen LogP contribution in [0.5, 0.6) is 0 Å². The van der Waals surface area contributed by atoms with Crippen LogP contribution in [0.1, 0.15) is 31.5 Å². The second-order valence-corrected chi connectivity index (χ2v) is 24.5. The zero-order valence-corrected chi connectivity index (χ0v) is 44.5. The summed E-state index contributed by atoms with van der Waals surface area (Å²) in [4.78, 5) is 80.4. The lowest BCUT2D eigenvalue weighted by Crippen LogP contribution is -2.51. The van der Waals surface area contributed by atoms with Crippen molar-refractivity contribution in [2.75, 3.05) is 64.0 Å². The fourth-order valence-corrected chi connectivity index (χ4v) is 12.9. The summed E-state index contributed by atoms with van der Waals surface area (Å²) in [5, 5.41) is 21.0. The van der Waals surface area contributed by atoms with Gasteiger partial charge in [-0.15, -0.1) is 0 Å². The van der Waals surface area contributed by atoms with Gasteiger partial charge in [-0.1, -0.05) is 12.2 Å². The molecule has 0 bridgehead atoms. The third kappa shape index (κ3) is 11.4. The van der Waals surface area contributed by atoms with Crippen LogP contribution in [0.3, 0.4) is 0 Å². The van der Waals surface area contributed by atoms with Crippen LogP contribution in [-0.2, 0) is 73.6 Å². The lowest BCUT2D eigenvalue weighted by Gasteiger charge is -2.38. The van der Waals surface area contributed by atoms with Gasteiger partial charge in [0.2, 0.25) is 0 Å². The van der Waals surface area contributed by atoms with Crippen molar-refractivity contribution in [2.45, 2.75) is 86.0 Å². The number of hydrogen-bond acceptors (Lipinski definition) is 30. The number of aromatic nitrogens is 12. The molecule has 6 aromatic rings. The van der Waals surface area contributed by atoms with Crippen molar-refractivity contribution in [1.82, 2.24) is 58.6 Å². The molecule has 0 amide bonds. The van der Waals surface area contributed by atoms with Gasteiger partial charge in [-0.05, 0) is 12.8 Å². The number of aliphatic hydroxyl groups is 2. The summed E-state index contributed by atoms with van der Waals surface area (Å²) >= 11 is 3.72. The Kier molecular flexibility index (Phi) is 16.2. The van der Waals surface area contributed by atoms with E-state index in [1.165, 1.54) is 33.5 Å². The first-order chi connectivity index (χ1) is 37.0. The minimum absolute atomic E-state index is 0.00372. The average Bonchev–Trinajstić information content (AvgIpc) is 4.35. The molecule has 10 rings (SSSR count). The standard InChI is InChI=1S/C36H49N15O22P4S/c1-62-22-17(8-65-74(54,55)64-6-4-52)69-34(50-14-47-19-28(38)41-11-44-31(19)50)24(22)72-75(56,57)66-7-16-21(53)23(33(68-16)49-13-46-18-27(37)40-10-43-30(18)49)71-76(58,59)67-9-36-3-2-5-63-26(36)25(73-77(60,61)78)35(70-36)51-15-48-20-29(39)42-12-45-32(20)51/h10-17,21-26,33-35,52-53H,2-9H2,1H3,(H,54,55)(H,56,57)(H,58,59)(H2,37,40,43)(H2,38,41,44)(H2,39,42,45)(H2,60,61,78)/t16-,17-,21?,22?,23?,24?,25?,26?,33-,34-,35-,36-/m1/s1. The second kappa shape index (κ2) is 22.2.